The summed E-state index contributed by atoms with van der Waals surface area (Å²) >= 11 is 1.42. The number of benzene rings is 1. The van der Waals surface area contributed by atoms with Gasteiger partial charge in [0.2, 0.25) is 5.89 Å². The molecule has 0 atom stereocenters. The Hall–Kier alpha value is -2.41. The van der Waals surface area contributed by atoms with E-state index in [9.17, 15) is 4.39 Å². The number of aromatic nitrogens is 3. The van der Waals surface area contributed by atoms with Gasteiger partial charge in [0.25, 0.3) is 0 Å². The van der Waals surface area contributed by atoms with Gasteiger partial charge in [-0.25, -0.2) is 19.3 Å². The van der Waals surface area contributed by atoms with Crippen molar-refractivity contribution in [3.05, 3.63) is 54.4 Å². The molecule has 0 radical (unpaired) electrons. The Morgan fingerprint density at radius 3 is 2.90 bits per heavy atom. The van der Waals surface area contributed by atoms with Gasteiger partial charge in [0, 0.05) is 23.7 Å². The quantitative estimate of drug-likeness (QED) is 0.746. The van der Waals surface area contributed by atoms with Crippen molar-refractivity contribution < 1.29 is 8.81 Å². The summed E-state index contributed by atoms with van der Waals surface area (Å²) in [5, 5.41) is 0.646. The fraction of sp³-hybridized carbons (Fsp3) is 0.0714. The van der Waals surface area contributed by atoms with Crippen LogP contribution in [0.4, 0.5) is 10.2 Å². The Morgan fingerprint density at radius 1 is 1.24 bits per heavy atom. The van der Waals surface area contributed by atoms with E-state index < -0.39 is 0 Å². The molecule has 2 heterocycles. The fourth-order valence-electron chi connectivity index (χ4n) is 1.72. The molecule has 3 rings (SSSR count). The third kappa shape index (κ3) is 3.19. The average Bonchev–Trinajstić information content (AvgIpc) is 2.95. The number of hydrogen-bond donors (Lipinski definition) is 1. The largest absolute Gasteiger partial charge is 0.444 e. The molecule has 2 aromatic heterocycles. The minimum Gasteiger partial charge on any atom is -0.444 e. The third-order valence-corrected chi connectivity index (χ3v) is 3.70. The standard InChI is InChI=1S/C14H11FN4OS/c15-10-3-1-2-9(6-10)13-19-11(7-20-13)8-21-14-12(16)17-4-5-18-14/h1-7H,8H2,(H2,16,17). The Morgan fingerprint density at radius 2 is 2.10 bits per heavy atom. The Kier molecular flexibility index (Phi) is 3.83. The predicted molar refractivity (Wildman–Crippen MR) is 77.9 cm³/mol. The van der Waals surface area contributed by atoms with Crippen molar-refractivity contribution in [2.24, 2.45) is 0 Å². The molecule has 0 unspecified atom stereocenters. The van der Waals surface area contributed by atoms with Crippen LogP contribution in [0.25, 0.3) is 11.5 Å². The first kappa shape index (κ1) is 13.6. The highest BCUT2D eigenvalue weighted by Crippen LogP contribution is 2.26. The Labute approximate surface area is 124 Å². The fourth-order valence-corrected chi connectivity index (χ4v) is 2.47. The molecule has 0 aliphatic rings. The first-order chi connectivity index (χ1) is 10.2. The van der Waals surface area contributed by atoms with Crippen molar-refractivity contribution in [3.63, 3.8) is 0 Å². The van der Waals surface area contributed by atoms with Gasteiger partial charge in [0.05, 0.1) is 5.69 Å². The molecule has 1 aromatic carbocycles. The maximum absolute atomic E-state index is 13.2. The molecular weight excluding hydrogens is 291 g/mol. The van der Waals surface area contributed by atoms with Gasteiger partial charge < -0.3 is 10.2 Å². The lowest BCUT2D eigenvalue weighted by molar-refractivity contribution is 0.571. The number of halogens is 1. The van der Waals surface area contributed by atoms with E-state index >= 15 is 0 Å². The lowest BCUT2D eigenvalue weighted by atomic mass is 10.2. The van der Waals surface area contributed by atoms with E-state index in [4.69, 9.17) is 10.2 Å². The number of oxazole rings is 1. The maximum Gasteiger partial charge on any atom is 0.226 e. The van der Waals surface area contributed by atoms with Gasteiger partial charge in [-0.3, -0.25) is 0 Å². The topological polar surface area (TPSA) is 77.8 Å². The van der Waals surface area contributed by atoms with E-state index in [2.05, 4.69) is 15.0 Å². The van der Waals surface area contributed by atoms with E-state index in [1.54, 1.807) is 24.6 Å². The summed E-state index contributed by atoms with van der Waals surface area (Å²) in [5.41, 5.74) is 7.05. The maximum atomic E-state index is 13.2. The molecule has 0 spiro atoms. The molecule has 0 aliphatic heterocycles. The minimum absolute atomic E-state index is 0.325. The van der Waals surface area contributed by atoms with Crippen LogP contribution < -0.4 is 5.73 Å². The van der Waals surface area contributed by atoms with Gasteiger partial charge >= 0.3 is 0 Å². The number of hydrogen-bond acceptors (Lipinski definition) is 6. The van der Waals surface area contributed by atoms with Crippen LogP contribution in [0, 0.1) is 5.82 Å². The van der Waals surface area contributed by atoms with Gasteiger partial charge in [-0.2, -0.15) is 0 Å². The van der Waals surface area contributed by atoms with Crippen LogP contribution in [-0.2, 0) is 5.75 Å². The van der Waals surface area contributed by atoms with Gasteiger partial charge in [0.15, 0.2) is 5.82 Å². The molecule has 5 nitrogen and oxygen atoms in total. The Balaban J connectivity index is 1.72. The van der Waals surface area contributed by atoms with Crippen LogP contribution in [0.2, 0.25) is 0 Å². The number of nitrogen functional groups attached to an aromatic ring is 1. The zero-order valence-corrected chi connectivity index (χ0v) is 11.7. The number of nitrogens with zero attached hydrogens (tertiary/aromatic N) is 3. The van der Waals surface area contributed by atoms with Crippen LogP contribution >= 0.6 is 11.8 Å². The number of thioether (sulfide) groups is 1. The van der Waals surface area contributed by atoms with Crippen molar-refractivity contribution >= 4 is 17.6 Å². The molecule has 21 heavy (non-hydrogen) atoms. The molecular formula is C14H11FN4OS. The normalized spacial score (nSPS) is 10.7. The van der Waals surface area contributed by atoms with Crippen LogP contribution in [0.1, 0.15) is 5.69 Å². The van der Waals surface area contributed by atoms with E-state index in [0.717, 1.165) is 5.69 Å². The summed E-state index contributed by atoms with van der Waals surface area (Å²) in [7, 11) is 0. The minimum atomic E-state index is -0.325. The van der Waals surface area contributed by atoms with Crippen molar-refractivity contribution in [2.45, 2.75) is 10.8 Å². The predicted octanol–water partition coefficient (Wildman–Crippen LogP) is 3.15. The van der Waals surface area contributed by atoms with E-state index in [1.807, 2.05) is 0 Å². The van der Waals surface area contributed by atoms with Crippen molar-refractivity contribution in [2.75, 3.05) is 5.73 Å². The lowest BCUT2D eigenvalue weighted by Crippen LogP contribution is -1.95. The smallest absolute Gasteiger partial charge is 0.226 e. The molecule has 0 saturated carbocycles. The zero-order valence-electron chi connectivity index (χ0n) is 10.9. The second-order valence-electron chi connectivity index (χ2n) is 4.19. The van der Waals surface area contributed by atoms with Gasteiger partial charge in [-0.05, 0) is 18.2 Å². The molecule has 0 fully saturated rings. The second-order valence-corrected chi connectivity index (χ2v) is 5.15. The van der Waals surface area contributed by atoms with Gasteiger partial charge in [0.1, 0.15) is 17.1 Å². The first-order valence-corrected chi connectivity index (χ1v) is 7.10. The molecule has 0 amide bonds. The third-order valence-electron chi connectivity index (χ3n) is 2.67. The summed E-state index contributed by atoms with van der Waals surface area (Å²) in [6.45, 7) is 0. The molecule has 2 N–H and O–H groups in total. The summed E-state index contributed by atoms with van der Waals surface area (Å²) in [6.07, 6.45) is 4.66. The van der Waals surface area contributed by atoms with Crippen LogP contribution in [0.3, 0.4) is 0 Å². The second kappa shape index (κ2) is 5.92. The van der Waals surface area contributed by atoms with Crippen LogP contribution in [0.15, 0.2) is 52.4 Å². The van der Waals surface area contributed by atoms with E-state index in [-0.39, 0.29) is 5.82 Å². The average molecular weight is 302 g/mol. The van der Waals surface area contributed by atoms with E-state index in [1.165, 1.54) is 30.1 Å². The van der Waals surface area contributed by atoms with Gasteiger partial charge in [-0.1, -0.05) is 17.8 Å². The summed E-state index contributed by atoms with van der Waals surface area (Å²) < 4.78 is 18.5. The van der Waals surface area contributed by atoms with Crippen molar-refractivity contribution in [1.29, 1.82) is 0 Å². The highest BCUT2D eigenvalue weighted by Gasteiger charge is 2.09. The highest BCUT2D eigenvalue weighted by atomic mass is 32.2. The van der Waals surface area contributed by atoms with E-state index in [0.29, 0.717) is 28.1 Å². The zero-order chi connectivity index (χ0) is 14.7. The number of rotatable bonds is 4. The van der Waals surface area contributed by atoms with Crippen LogP contribution in [0.5, 0.6) is 0 Å². The first-order valence-electron chi connectivity index (χ1n) is 6.12. The molecule has 0 saturated heterocycles. The number of nitrogens with two attached hydrogens (primary N) is 1. The van der Waals surface area contributed by atoms with Gasteiger partial charge in [-0.15, -0.1) is 0 Å². The molecule has 3 aromatic rings. The molecule has 0 aliphatic carbocycles. The lowest BCUT2D eigenvalue weighted by Gasteiger charge is -2.00. The molecule has 106 valence electrons. The molecule has 7 heteroatoms. The molecule has 0 bridgehead atoms. The van der Waals surface area contributed by atoms with Crippen molar-refractivity contribution in [3.8, 4) is 11.5 Å². The summed E-state index contributed by atoms with van der Waals surface area (Å²) in [6, 6.07) is 6.11. The SMILES string of the molecule is Nc1nccnc1SCc1coc(-c2cccc(F)c2)n1. The monoisotopic (exact) mass is 302 g/mol. The summed E-state index contributed by atoms with van der Waals surface area (Å²) in [4.78, 5) is 12.4. The number of anilines is 1. The van der Waals surface area contributed by atoms with Crippen LogP contribution in [-0.4, -0.2) is 15.0 Å². The highest BCUT2D eigenvalue weighted by molar-refractivity contribution is 7.98. The Bertz CT molecular complexity index is 762. The van der Waals surface area contributed by atoms with Crippen molar-refractivity contribution in [1.82, 2.24) is 15.0 Å². The summed E-state index contributed by atoms with van der Waals surface area (Å²) in [5.74, 6) is 0.990.